The predicted molar refractivity (Wildman–Crippen MR) is 71.3 cm³/mol. The van der Waals surface area contributed by atoms with Gasteiger partial charge in [-0.25, -0.2) is 0 Å². The Morgan fingerprint density at radius 2 is 2.06 bits per heavy atom. The number of alkyl halides is 1. The van der Waals surface area contributed by atoms with Gasteiger partial charge < -0.3 is 5.32 Å². The topological polar surface area (TPSA) is 29.1 Å². The van der Waals surface area contributed by atoms with Crippen molar-refractivity contribution in [1.29, 1.82) is 0 Å². The molecule has 0 aromatic heterocycles. The van der Waals surface area contributed by atoms with Gasteiger partial charge in [-0.3, -0.25) is 4.79 Å². The van der Waals surface area contributed by atoms with Gasteiger partial charge in [0.2, 0.25) is 5.91 Å². The van der Waals surface area contributed by atoms with Crippen LogP contribution in [0.1, 0.15) is 45.4 Å². The maximum atomic E-state index is 11.5. The molecule has 3 saturated carbocycles. The molecule has 0 aromatic carbocycles. The Morgan fingerprint density at radius 3 is 2.89 bits per heavy atom. The van der Waals surface area contributed by atoms with E-state index in [9.17, 15) is 4.79 Å². The van der Waals surface area contributed by atoms with Crippen LogP contribution in [0.15, 0.2) is 0 Å². The summed E-state index contributed by atoms with van der Waals surface area (Å²) in [5, 5.41) is 3.59. The predicted octanol–water partition coefficient (Wildman–Crippen LogP) is 2.94. The van der Waals surface area contributed by atoms with E-state index in [1.807, 2.05) is 0 Å². The second kappa shape index (κ2) is 3.65. The molecule has 4 fully saturated rings. The summed E-state index contributed by atoms with van der Waals surface area (Å²) in [5.74, 6) is 3.49. The number of halogens is 1. The lowest BCUT2D eigenvalue weighted by Gasteiger charge is -2.34. The molecule has 0 radical (unpaired) electrons. The number of hydrogen-bond donors (Lipinski definition) is 1. The molecule has 1 amide bonds. The highest BCUT2D eigenvalue weighted by molar-refractivity contribution is 6.20. The number of carbonyl (C=O) groups excluding carboxylic acids is 1. The van der Waals surface area contributed by atoms with Crippen molar-refractivity contribution in [3.8, 4) is 0 Å². The minimum Gasteiger partial charge on any atom is -0.353 e. The zero-order valence-electron chi connectivity index (χ0n) is 11.0. The molecule has 3 aliphatic carbocycles. The molecular formula is C15H22ClNO. The van der Waals surface area contributed by atoms with E-state index in [1.54, 1.807) is 0 Å². The summed E-state index contributed by atoms with van der Waals surface area (Å²) in [5.41, 5.74) is 0.555. The van der Waals surface area contributed by atoms with Gasteiger partial charge in [-0.15, -0.1) is 11.6 Å². The van der Waals surface area contributed by atoms with E-state index >= 15 is 0 Å². The highest BCUT2D eigenvalue weighted by Crippen LogP contribution is 2.74. The number of amides is 1. The fraction of sp³-hybridized carbons (Fsp3) is 0.933. The van der Waals surface area contributed by atoms with E-state index in [2.05, 4.69) is 12.2 Å². The number of hydrogen-bond acceptors (Lipinski definition) is 1. The number of nitrogens with one attached hydrogen (secondary N) is 1. The van der Waals surface area contributed by atoms with Crippen molar-refractivity contribution in [1.82, 2.24) is 5.32 Å². The van der Waals surface area contributed by atoms with Gasteiger partial charge >= 0.3 is 0 Å². The molecule has 7 atom stereocenters. The smallest absolute Gasteiger partial charge is 0.220 e. The minimum atomic E-state index is 0.285. The summed E-state index contributed by atoms with van der Waals surface area (Å²) in [6.07, 6.45) is 7.04. The summed E-state index contributed by atoms with van der Waals surface area (Å²) in [4.78, 5) is 11.5. The zero-order valence-corrected chi connectivity index (χ0v) is 11.7. The molecule has 1 aliphatic heterocycles. The summed E-state index contributed by atoms with van der Waals surface area (Å²) in [6.45, 7) is 2.44. The van der Waals surface area contributed by atoms with Crippen LogP contribution >= 0.6 is 11.6 Å². The van der Waals surface area contributed by atoms with Crippen LogP contribution in [0, 0.1) is 29.1 Å². The summed E-state index contributed by atoms with van der Waals surface area (Å²) in [6, 6.07) is 0.487. The molecule has 1 saturated heterocycles. The number of fused-ring (bicyclic) bond motifs is 4. The third kappa shape index (κ3) is 1.39. The van der Waals surface area contributed by atoms with Gasteiger partial charge in [-0.2, -0.15) is 0 Å². The van der Waals surface area contributed by atoms with Crippen LogP contribution in [-0.2, 0) is 4.79 Å². The van der Waals surface area contributed by atoms with Crippen molar-refractivity contribution in [2.75, 3.05) is 0 Å². The van der Waals surface area contributed by atoms with Gasteiger partial charge in [0.1, 0.15) is 0 Å². The Morgan fingerprint density at radius 1 is 1.28 bits per heavy atom. The molecule has 1 N–H and O–H groups in total. The van der Waals surface area contributed by atoms with Crippen molar-refractivity contribution in [3.05, 3.63) is 0 Å². The summed E-state index contributed by atoms with van der Waals surface area (Å²) in [7, 11) is 0. The highest BCUT2D eigenvalue weighted by Gasteiger charge is 2.70. The van der Waals surface area contributed by atoms with Crippen LogP contribution in [0.2, 0.25) is 0 Å². The first-order valence-corrected chi connectivity index (χ1v) is 7.98. The standard InChI is InChI=1S/C15H22ClNO/c1-8-2-3-10(16)7-15(8)11-4-9-5-14(18)17-13(9)6-12(11)15/h8-13H,2-7H2,1H3,(H,17,18). The van der Waals surface area contributed by atoms with E-state index in [1.165, 1.54) is 32.1 Å². The van der Waals surface area contributed by atoms with Crippen molar-refractivity contribution in [3.63, 3.8) is 0 Å². The number of carbonyl (C=O) groups is 1. The molecule has 100 valence electrons. The average Bonchev–Trinajstić information content (AvgIpc) is 2.75. The normalized spacial score (nSPS) is 58.0. The monoisotopic (exact) mass is 267 g/mol. The third-order valence-corrected chi connectivity index (χ3v) is 6.96. The van der Waals surface area contributed by atoms with Crippen LogP contribution in [0.4, 0.5) is 0 Å². The Hall–Kier alpha value is -0.240. The van der Waals surface area contributed by atoms with Crippen molar-refractivity contribution in [2.45, 2.75) is 56.9 Å². The quantitative estimate of drug-likeness (QED) is 0.672. The fourth-order valence-electron chi connectivity index (χ4n) is 5.68. The molecule has 0 bridgehead atoms. The van der Waals surface area contributed by atoms with Gasteiger partial charge in [-0.05, 0) is 61.2 Å². The Labute approximate surface area is 114 Å². The Balaban J connectivity index is 1.56. The highest BCUT2D eigenvalue weighted by atomic mass is 35.5. The maximum absolute atomic E-state index is 11.5. The van der Waals surface area contributed by atoms with E-state index < -0.39 is 0 Å². The lowest BCUT2D eigenvalue weighted by molar-refractivity contribution is -0.119. The Kier molecular flexibility index (Phi) is 2.35. The average molecular weight is 268 g/mol. The molecule has 18 heavy (non-hydrogen) atoms. The minimum absolute atomic E-state index is 0.285. The third-order valence-electron chi connectivity index (χ3n) is 6.59. The van der Waals surface area contributed by atoms with Crippen LogP contribution in [0.3, 0.4) is 0 Å². The van der Waals surface area contributed by atoms with Crippen molar-refractivity contribution in [2.24, 2.45) is 29.1 Å². The van der Waals surface area contributed by atoms with Gasteiger partial charge in [-0.1, -0.05) is 6.92 Å². The molecule has 1 heterocycles. The molecule has 4 aliphatic rings. The number of rotatable bonds is 0. The lowest BCUT2D eigenvalue weighted by Crippen LogP contribution is -2.32. The van der Waals surface area contributed by atoms with E-state index in [-0.39, 0.29) is 5.91 Å². The maximum Gasteiger partial charge on any atom is 0.220 e. The fourth-order valence-corrected chi connectivity index (χ4v) is 6.07. The molecule has 3 heteroatoms. The second-order valence-electron chi connectivity index (χ2n) is 7.21. The first-order chi connectivity index (χ1) is 8.61. The summed E-state index contributed by atoms with van der Waals surface area (Å²) >= 11 is 6.45. The van der Waals surface area contributed by atoms with Crippen LogP contribution in [-0.4, -0.2) is 17.3 Å². The zero-order chi connectivity index (χ0) is 12.5. The second-order valence-corrected chi connectivity index (χ2v) is 7.83. The first-order valence-electron chi connectivity index (χ1n) is 7.54. The van der Waals surface area contributed by atoms with Crippen LogP contribution < -0.4 is 5.32 Å². The molecule has 1 spiro atoms. The van der Waals surface area contributed by atoms with Crippen LogP contribution in [0.25, 0.3) is 0 Å². The van der Waals surface area contributed by atoms with Gasteiger partial charge in [0.25, 0.3) is 0 Å². The van der Waals surface area contributed by atoms with E-state index in [0.29, 0.717) is 22.8 Å². The summed E-state index contributed by atoms with van der Waals surface area (Å²) < 4.78 is 0. The van der Waals surface area contributed by atoms with E-state index in [4.69, 9.17) is 11.6 Å². The molecule has 4 rings (SSSR count). The molecule has 2 nitrogen and oxygen atoms in total. The first kappa shape index (κ1) is 11.6. The van der Waals surface area contributed by atoms with Gasteiger partial charge in [0.05, 0.1) is 0 Å². The van der Waals surface area contributed by atoms with E-state index in [0.717, 1.165) is 24.2 Å². The van der Waals surface area contributed by atoms with Crippen molar-refractivity contribution < 1.29 is 4.79 Å². The van der Waals surface area contributed by atoms with Crippen LogP contribution in [0.5, 0.6) is 0 Å². The largest absolute Gasteiger partial charge is 0.353 e. The SMILES string of the molecule is CC1CCC(Cl)CC12C1CC3CC(=O)NC3CC12. The van der Waals surface area contributed by atoms with Gasteiger partial charge in [0, 0.05) is 17.8 Å². The molecule has 7 unspecified atom stereocenters. The molecule has 0 aromatic rings. The molecular weight excluding hydrogens is 246 g/mol. The van der Waals surface area contributed by atoms with Gasteiger partial charge in [0.15, 0.2) is 0 Å². The Bertz CT molecular complexity index is 374. The lowest BCUT2D eigenvalue weighted by atomic mass is 9.74. The van der Waals surface area contributed by atoms with Crippen molar-refractivity contribution >= 4 is 17.5 Å².